The predicted octanol–water partition coefficient (Wildman–Crippen LogP) is 4.61. The summed E-state index contributed by atoms with van der Waals surface area (Å²) in [5, 5.41) is 11.8. The lowest BCUT2D eigenvalue weighted by Gasteiger charge is -2.14. The van der Waals surface area contributed by atoms with Crippen LogP contribution in [0.2, 0.25) is 5.02 Å². The molecular formula is C14H13ClN2OS2. The smallest absolute Gasteiger partial charge is 0.134 e. The first-order valence-electron chi connectivity index (χ1n) is 6.11. The summed E-state index contributed by atoms with van der Waals surface area (Å²) in [6.45, 7) is 5.48. The first-order valence-corrected chi connectivity index (χ1v) is 8.12. The third-order valence-electron chi connectivity index (χ3n) is 2.93. The molecule has 0 saturated heterocycles. The summed E-state index contributed by atoms with van der Waals surface area (Å²) in [7, 11) is 0. The molecule has 0 saturated carbocycles. The molecule has 0 radical (unpaired) electrons. The van der Waals surface area contributed by atoms with Crippen LogP contribution in [0.1, 0.15) is 24.4 Å². The largest absolute Gasteiger partial charge is 0.385 e. The Morgan fingerprint density at radius 2 is 2.05 bits per heavy atom. The van der Waals surface area contributed by atoms with Crippen LogP contribution in [0.5, 0.6) is 0 Å². The van der Waals surface area contributed by atoms with Gasteiger partial charge in [0.1, 0.15) is 5.01 Å². The molecule has 3 aromatic rings. The number of rotatable bonds is 2. The number of hydrogen-bond donors (Lipinski definition) is 1. The third kappa shape index (κ3) is 2.35. The number of nitrogens with zero attached hydrogens (tertiary/aromatic N) is 2. The molecule has 0 aliphatic heterocycles. The molecule has 3 rings (SSSR count). The van der Waals surface area contributed by atoms with E-state index in [2.05, 4.69) is 9.97 Å². The summed E-state index contributed by atoms with van der Waals surface area (Å²) >= 11 is 9.28. The quantitative estimate of drug-likeness (QED) is 0.748. The van der Waals surface area contributed by atoms with Crippen molar-refractivity contribution in [2.75, 3.05) is 0 Å². The molecule has 0 unspecified atom stereocenters. The number of aliphatic hydroxyl groups is 1. The molecule has 3 heterocycles. The second-order valence-corrected chi connectivity index (χ2v) is 7.57. The fourth-order valence-corrected chi connectivity index (χ4v) is 4.48. The maximum absolute atomic E-state index is 10.2. The van der Waals surface area contributed by atoms with Gasteiger partial charge in [-0.25, -0.2) is 4.98 Å². The summed E-state index contributed by atoms with van der Waals surface area (Å²) in [5.74, 6) is 0. The Bertz CT molecular complexity index is 786. The predicted molar refractivity (Wildman–Crippen MR) is 85.7 cm³/mol. The average molecular weight is 325 g/mol. The second-order valence-electron chi connectivity index (χ2n) is 5.11. The molecular weight excluding hydrogens is 312 g/mol. The van der Waals surface area contributed by atoms with E-state index in [9.17, 15) is 5.11 Å². The van der Waals surface area contributed by atoms with Crippen LogP contribution in [0, 0.1) is 6.92 Å². The van der Waals surface area contributed by atoms with Crippen LogP contribution in [0.4, 0.5) is 0 Å². The van der Waals surface area contributed by atoms with Crippen LogP contribution in [0.3, 0.4) is 0 Å². The molecule has 0 atom stereocenters. The van der Waals surface area contributed by atoms with Gasteiger partial charge in [-0.1, -0.05) is 11.6 Å². The molecule has 0 aromatic carbocycles. The van der Waals surface area contributed by atoms with E-state index in [1.807, 2.05) is 13.0 Å². The molecule has 1 N–H and O–H groups in total. The Morgan fingerprint density at radius 3 is 2.65 bits per heavy atom. The number of aryl methyl sites for hydroxylation is 1. The maximum atomic E-state index is 10.2. The van der Waals surface area contributed by atoms with E-state index in [-0.39, 0.29) is 0 Å². The Labute approximate surface area is 129 Å². The van der Waals surface area contributed by atoms with Gasteiger partial charge < -0.3 is 5.11 Å². The molecule has 0 spiro atoms. The number of thiophene rings is 1. The van der Waals surface area contributed by atoms with E-state index in [0.29, 0.717) is 5.02 Å². The monoisotopic (exact) mass is 324 g/mol. The maximum Gasteiger partial charge on any atom is 0.134 e. The van der Waals surface area contributed by atoms with Crippen LogP contribution in [0.15, 0.2) is 18.3 Å². The third-order valence-corrected chi connectivity index (χ3v) is 6.15. The zero-order valence-corrected chi connectivity index (χ0v) is 13.7. The number of thiazole rings is 1. The SMILES string of the molecule is Cc1nc(-c2cc3nccc(Cl)c3s2)sc1C(C)(C)O. The van der Waals surface area contributed by atoms with Crippen molar-refractivity contribution >= 4 is 44.5 Å². The Hall–Kier alpha value is -1.01. The van der Waals surface area contributed by atoms with Gasteiger partial charge in [0.25, 0.3) is 0 Å². The topological polar surface area (TPSA) is 46.0 Å². The van der Waals surface area contributed by atoms with Crippen LogP contribution >= 0.6 is 34.3 Å². The van der Waals surface area contributed by atoms with Gasteiger partial charge >= 0.3 is 0 Å². The number of hydrogen-bond acceptors (Lipinski definition) is 5. The van der Waals surface area contributed by atoms with Crippen molar-refractivity contribution in [3.63, 3.8) is 0 Å². The fourth-order valence-electron chi connectivity index (χ4n) is 2.08. The molecule has 0 bridgehead atoms. The molecule has 0 aliphatic rings. The van der Waals surface area contributed by atoms with Crippen molar-refractivity contribution in [3.8, 4) is 9.88 Å². The Kier molecular flexibility index (Phi) is 3.33. The van der Waals surface area contributed by atoms with Crippen molar-refractivity contribution < 1.29 is 5.11 Å². The number of fused-ring (bicyclic) bond motifs is 1. The van der Waals surface area contributed by atoms with Gasteiger partial charge in [0, 0.05) is 6.20 Å². The molecule has 0 amide bonds. The highest BCUT2D eigenvalue weighted by atomic mass is 35.5. The van der Waals surface area contributed by atoms with Gasteiger partial charge in [-0.2, -0.15) is 0 Å². The van der Waals surface area contributed by atoms with Crippen LogP contribution in [0.25, 0.3) is 20.1 Å². The zero-order chi connectivity index (χ0) is 14.5. The summed E-state index contributed by atoms with van der Waals surface area (Å²) in [4.78, 5) is 10.8. The number of aromatic nitrogens is 2. The van der Waals surface area contributed by atoms with Gasteiger partial charge in [-0.3, -0.25) is 4.98 Å². The van der Waals surface area contributed by atoms with Crippen molar-refractivity contribution in [1.29, 1.82) is 0 Å². The minimum atomic E-state index is -0.868. The zero-order valence-electron chi connectivity index (χ0n) is 11.3. The van der Waals surface area contributed by atoms with Crippen LogP contribution in [-0.4, -0.2) is 15.1 Å². The summed E-state index contributed by atoms with van der Waals surface area (Å²) in [5.41, 5.74) is 0.885. The lowest BCUT2D eigenvalue weighted by Crippen LogP contribution is -2.14. The Balaban J connectivity index is 2.14. The normalized spacial score (nSPS) is 12.2. The summed E-state index contributed by atoms with van der Waals surface area (Å²) < 4.78 is 0.974. The highest BCUT2D eigenvalue weighted by Gasteiger charge is 2.24. The molecule has 20 heavy (non-hydrogen) atoms. The van der Waals surface area contributed by atoms with E-state index in [0.717, 1.165) is 30.7 Å². The molecule has 104 valence electrons. The van der Waals surface area contributed by atoms with E-state index in [1.54, 1.807) is 37.4 Å². The number of pyridine rings is 1. The molecule has 6 heteroatoms. The van der Waals surface area contributed by atoms with Gasteiger partial charge in [0.05, 0.1) is 36.3 Å². The molecule has 0 aliphatic carbocycles. The van der Waals surface area contributed by atoms with Crippen molar-refractivity contribution in [1.82, 2.24) is 9.97 Å². The molecule has 3 aromatic heterocycles. The first kappa shape index (κ1) is 13.9. The van der Waals surface area contributed by atoms with Crippen LogP contribution < -0.4 is 0 Å². The first-order chi connectivity index (χ1) is 9.36. The van der Waals surface area contributed by atoms with Crippen LogP contribution in [-0.2, 0) is 5.60 Å². The van der Waals surface area contributed by atoms with E-state index < -0.39 is 5.60 Å². The fraction of sp³-hybridized carbons (Fsp3) is 0.286. The minimum Gasteiger partial charge on any atom is -0.385 e. The van der Waals surface area contributed by atoms with E-state index in [1.165, 1.54) is 11.3 Å². The second kappa shape index (κ2) is 4.77. The van der Waals surface area contributed by atoms with Gasteiger partial charge in [0.2, 0.25) is 0 Å². The number of halogens is 1. The highest BCUT2D eigenvalue weighted by Crippen LogP contribution is 2.40. The van der Waals surface area contributed by atoms with Crippen molar-refractivity contribution in [2.45, 2.75) is 26.4 Å². The molecule has 0 fully saturated rings. The Morgan fingerprint density at radius 1 is 1.30 bits per heavy atom. The minimum absolute atomic E-state index is 0.710. The van der Waals surface area contributed by atoms with Crippen molar-refractivity contribution in [2.24, 2.45) is 0 Å². The standard InChI is InChI=1S/C14H13ClN2OS2/c1-7-12(14(2,3)18)20-13(17-7)10-6-9-11(19-10)8(15)4-5-16-9/h4-6,18H,1-3H3. The van der Waals surface area contributed by atoms with Gasteiger partial charge in [0.15, 0.2) is 0 Å². The van der Waals surface area contributed by atoms with E-state index >= 15 is 0 Å². The lowest BCUT2D eigenvalue weighted by molar-refractivity contribution is 0.0817. The molecule has 3 nitrogen and oxygen atoms in total. The summed E-state index contributed by atoms with van der Waals surface area (Å²) in [6.07, 6.45) is 1.70. The summed E-state index contributed by atoms with van der Waals surface area (Å²) in [6, 6.07) is 3.79. The van der Waals surface area contributed by atoms with E-state index in [4.69, 9.17) is 11.6 Å². The van der Waals surface area contributed by atoms with Crippen molar-refractivity contribution in [3.05, 3.63) is 33.9 Å². The van der Waals surface area contributed by atoms with Gasteiger partial charge in [-0.15, -0.1) is 22.7 Å². The average Bonchev–Trinajstić information content (AvgIpc) is 2.92. The van der Waals surface area contributed by atoms with Gasteiger partial charge in [-0.05, 0) is 32.9 Å². The lowest BCUT2D eigenvalue weighted by atomic mass is 10.1. The highest BCUT2D eigenvalue weighted by molar-refractivity contribution is 7.26.